The maximum absolute atomic E-state index is 10.9. The van der Waals surface area contributed by atoms with Gasteiger partial charge in [0.1, 0.15) is 0 Å². The Bertz CT molecular complexity index is 333. The van der Waals surface area contributed by atoms with E-state index >= 15 is 0 Å². The summed E-state index contributed by atoms with van der Waals surface area (Å²) in [5, 5.41) is 18.0. The fourth-order valence-corrected chi connectivity index (χ4v) is 0.898. The standard InChI is InChI=1S/C8H9NO3/c1-4(10)5-2-7(11)8(12)3-6(5)9/h2-3,11-12H,9H2,1H3. The van der Waals surface area contributed by atoms with Crippen molar-refractivity contribution in [3.05, 3.63) is 17.7 Å². The first-order valence-electron chi connectivity index (χ1n) is 3.34. The monoisotopic (exact) mass is 167 g/mol. The molecule has 4 N–H and O–H groups in total. The van der Waals surface area contributed by atoms with E-state index in [4.69, 9.17) is 15.9 Å². The van der Waals surface area contributed by atoms with Gasteiger partial charge in [0, 0.05) is 17.3 Å². The third kappa shape index (κ3) is 1.32. The van der Waals surface area contributed by atoms with Crippen LogP contribution in [-0.4, -0.2) is 16.0 Å². The molecular formula is C8H9NO3. The van der Waals surface area contributed by atoms with E-state index in [1.807, 2.05) is 0 Å². The highest BCUT2D eigenvalue weighted by molar-refractivity contribution is 5.99. The van der Waals surface area contributed by atoms with Gasteiger partial charge in [-0.2, -0.15) is 0 Å². The molecule has 4 nitrogen and oxygen atoms in total. The molecule has 1 aromatic rings. The quantitative estimate of drug-likeness (QED) is 0.251. The minimum Gasteiger partial charge on any atom is -0.504 e. The Morgan fingerprint density at radius 3 is 2.33 bits per heavy atom. The van der Waals surface area contributed by atoms with Crippen molar-refractivity contribution in [2.24, 2.45) is 0 Å². The van der Waals surface area contributed by atoms with Crippen LogP contribution in [0.5, 0.6) is 11.5 Å². The molecule has 1 aromatic carbocycles. The van der Waals surface area contributed by atoms with E-state index in [-0.39, 0.29) is 28.5 Å². The number of anilines is 1. The van der Waals surface area contributed by atoms with E-state index in [1.54, 1.807) is 0 Å². The first kappa shape index (κ1) is 8.39. The third-order valence-electron chi connectivity index (χ3n) is 1.53. The van der Waals surface area contributed by atoms with Gasteiger partial charge in [0.05, 0.1) is 0 Å². The molecule has 0 saturated carbocycles. The highest BCUT2D eigenvalue weighted by Gasteiger charge is 2.08. The number of benzene rings is 1. The molecular weight excluding hydrogens is 158 g/mol. The van der Waals surface area contributed by atoms with Crippen LogP contribution in [-0.2, 0) is 0 Å². The largest absolute Gasteiger partial charge is 0.504 e. The summed E-state index contributed by atoms with van der Waals surface area (Å²) >= 11 is 0. The Morgan fingerprint density at radius 1 is 1.33 bits per heavy atom. The lowest BCUT2D eigenvalue weighted by Gasteiger charge is -2.03. The average molecular weight is 167 g/mol. The second-order valence-corrected chi connectivity index (χ2v) is 2.48. The molecule has 0 bridgehead atoms. The molecule has 0 atom stereocenters. The Kier molecular flexibility index (Phi) is 1.91. The van der Waals surface area contributed by atoms with Gasteiger partial charge < -0.3 is 15.9 Å². The third-order valence-corrected chi connectivity index (χ3v) is 1.53. The van der Waals surface area contributed by atoms with E-state index < -0.39 is 0 Å². The molecule has 0 unspecified atom stereocenters. The molecule has 0 heterocycles. The van der Waals surface area contributed by atoms with Gasteiger partial charge in [-0.15, -0.1) is 0 Å². The van der Waals surface area contributed by atoms with Crippen LogP contribution in [0.25, 0.3) is 0 Å². The molecule has 0 aliphatic heterocycles. The second kappa shape index (κ2) is 2.73. The smallest absolute Gasteiger partial charge is 0.162 e. The fourth-order valence-electron chi connectivity index (χ4n) is 0.898. The van der Waals surface area contributed by atoms with E-state index in [1.165, 1.54) is 6.92 Å². The topological polar surface area (TPSA) is 83.5 Å². The maximum Gasteiger partial charge on any atom is 0.162 e. The summed E-state index contributed by atoms with van der Waals surface area (Å²) in [7, 11) is 0. The number of hydrogen-bond acceptors (Lipinski definition) is 4. The Morgan fingerprint density at radius 2 is 1.83 bits per heavy atom. The number of rotatable bonds is 1. The number of carbonyl (C=O) groups is 1. The van der Waals surface area contributed by atoms with Crippen molar-refractivity contribution in [2.75, 3.05) is 5.73 Å². The lowest BCUT2D eigenvalue weighted by atomic mass is 10.1. The summed E-state index contributed by atoms with van der Waals surface area (Å²) in [6, 6.07) is 2.29. The minimum absolute atomic E-state index is 0.165. The number of hydrogen-bond donors (Lipinski definition) is 3. The maximum atomic E-state index is 10.9. The van der Waals surface area contributed by atoms with Crippen molar-refractivity contribution >= 4 is 11.5 Å². The summed E-state index contributed by atoms with van der Waals surface area (Å²) < 4.78 is 0. The molecule has 0 spiro atoms. The number of nitrogen functional groups attached to an aromatic ring is 1. The zero-order valence-corrected chi connectivity index (χ0v) is 6.53. The van der Waals surface area contributed by atoms with Crippen molar-refractivity contribution in [1.29, 1.82) is 0 Å². The van der Waals surface area contributed by atoms with E-state index in [2.05, 4.69) is 0 Å². The predicted molar refractivity (Wildman–Crippen MR) is 44.2 cm³/mol. The van der Waals surface area contributed by atoms with Crippen LogP contribution >= 0.6 is 0 Å². The minimum atomic E-state index is -0.339. The van der Waals surface area contributed by atoms with Crippen LogP contribution in [0.2, 0.25) is 0 Å². The summed E-state index contributed by atoms with van der Waals surface area (Å²) in [6.07, 6.45) is 0. The molecule has 0 saturated heterocycles. The number of aromatic hydroxyl groups is 2. The van der Waals surface area contributed by atoms with Crippen LogP contribution in [0.15, 0.2) is 12.1 Å². The van der Waals surface area contributed by atoms with Gasteiger partial charge in [-0.1, -0.05) is 0 Å². The molecule has 0 radical (unpaired) electrons. The Hall–Kier alpha value is -1.71. The summed E-state index contributed by atoms with van der Waals surface area (Å²) in [6.45, 7) is 1.34. The number of phenolic OH excluding ortho intramolecular Hbond substituents is 2. The Labute approximate surface area is 69.3 Å². The van der Waals surface area contributed by atoms with Crippen LogP contribution < -0.4 is 5.73 Å². The van der Waals surface area contributed by atoms with Crippen molar-refractivity contribution < 1.29 is 15.0 Å². The summed E-state index contributed by atoms with van der Waals surface area (Å²) in [5.41, 5.74) is 5.78. The van der Waals surface area contributed by atoms with Gasteiger partial charge in [-0.05, 0) is 13.0 Å². The van der Waals surface area contributed by atoms with Crippen LogP contribution in [0.3, 0.4) is 0 Å². The van der Waals surface area contributed by atoms with Gasteiger partial charge >= 0.3 is 0 Å². The molecule has 12 heavy (non-hydrogen) atoms. The Balaban J connectivity index is 3.33. The molecule has 64 valence electrons. The van der Waals surface area contributed by atoms with Gasteiger partial charge in [-0.3, -0.25) is 4.79 Å². The van der Waals surface area contributed by atoms with E-state index in [9.17, 15) is 4.79 Å². The average Bonchev–Trinajstić information content (AvgIpc) is 1.96. The normalized spacial score (nSPS) is 9.75. The molecule has 1 rings (SSSR count). The van der Waals surface area contributed by atoms with Crippen molar-refractivity contribution in [3.63, 3.8) is 0 Å². The molecule has 0 amide bonds. The fraction of sp³-hybridized carbons (Fsp3) is 0.125. The number of phenols is 2. The highest BCUT2D eigenvalue weighted by atomic mass is 16.3. The van der Waals surface area contributed by atoms with Gasteiger partial charge in [0.15, 0.2) is 17.3 Å². The first-order valence-corrected chi connectivity index (χ1v) is 3.34. The van der Waals surface area contributed by atoms with Crippen LogP contribution in [0.1, 0.15) is 17.3 Å². The van der Waals surface area contributed by atoms with E-state index in [0.717, 1.165) is 12.1 Å². The molecule has 0 aliphatic carbocycles. The van der Waals surface area contributed by atoms with E-state index in [0.29, 0.717) is 0 Å². The first-order chi connectivity index (χ1) is 5.52. The predicted octanol–water partition coefficient (Wildman–Crippen LogP) is 0.883. The van der Waals surface area contributed by atoms with Crippen LogP contribution in [0, 0.1) is 0 Å². The number of Topliss-reactive ketones (excluding diaryl/α,β-unsaturated/α-hetero) is 1. The molecule has 4 heteroatoms. The zero-order chi connectivity index (χ0) is 9.30. The number of nitrogens with two attached hydrogens (primary N) is 1. The lowest BCUT2D eigenvalue weighted by Crippen LogP contribution is -1.98. The summed E-state index contributed by atoms with van der Waals surface area (Å²) in [5.74, 6) is -0.908. The molecule has 0 aliphatic rings. The van der Waals surface area contributed by atoms with Gasteiger partial charge in [0.25, 0.3) is 0 Å². The molecule has 0 aromatic heterocycles. The van der Waals surface area contributed by atoms with Crippen molar-refractivity contribution in [1.82, 2.24) is 0 Å². The zero-order valence-electron chi connectivity index (χ0n) is 6.53. The SMILES string of the molecule is CC(=O)c1cc(O)c(O)cc1N. The van der Waals surface area contributed by atoms with Gasteiger partial charge in [-0.25, -0.2) is 0 Å². The number of carbonyl (C=O) groups excluding carboxylic acids is 1. The summed E-state index contributed by atoms with van der Waals surface area (Å²) in [4.78, 5) is 10.9. The second-order valence-electron chi connectivity index (χ2n) is 2.48. The van der Waals surface area contributed by atoms with Crippen LogP contribution in [0.4, 0.5) is 5.69 Å². The molecule has 0 fully saturated rings. The highest BCUT2D eigenvalue weighted by Crippen LogP contribution is 2.29. The van der Waals surface area contributed by atoms with Gasteiger partial charge in [0.2, 0.25) is 0 Å². The lowest BCUT2D eigenvalue weighted by molar-refractivity contribution is 0.101. The van der Waals surface area contributed by atoms with Crippen molar-refractivity contribution in [2.45, 2.75) is 6.92 Å². The van der Waals surface area contributed by atoms with Crippen molar-refractivity contribution in [3.8, 4) is 11.5 Å². The number of ketones is 1.